The molecule has 1 nitrogen and oxygen atoms in total. The predicted octanol–water partition coefficient (Wildman–Crippen LogP) is 5.36. The first kappa shape index (κ1) is 13.1. The lowest BCUT2D eigenvalue weighted by molar-refractivity contribution is 1.31. The van der Waals surface area contributed by atoms with Crippen LogP contribution in [-0.4, -0.2) is 6.21 Å². The van der Waals surface area contributed by atoms with Gasteiger partial charge in [-0.3, -0.25) is 4.99 Å². The average Bonchev–Trinajstić information content (AvgIpc) is 2.33. The molecule has 0 saturated carbocycles. The second kappa shape index (κ2) is 5.55. The van der Waals surface area contributed by atoms with Crippen LogP contribution >= 0.6 is 23.2 Å². The number of rotatable bonds is 2. The van der Waals surface area contributed by atoms with E-state index >= 15 is 0 Å². The van der Waals surface area contributed by atoms with E-state index in [1.165, 1.54) is 11.1 Å². The van der Waals surface area contributed by atoms with Gasteiger partial charge in [-0.1, -0.05) is 41.4 Å². The Morgan fingerprint density at radius 3 is 2.56 bits per heavy atom. The molecule has 0 aliphatic heterocycles. The molecule has 0 radical (unpaired) electrons. The molecule has 0 amide bonds. The molecule has 0 aromatic heterocycles. The highest BCUT2D eigenvalue weighted by Crippen LogP contribution is 2.23. The van der Waals surface area contributed by atoms with Crippen LogP contribution in [0.4, 0.5) is 5.69 Å². The van der Waals surface area contributed by atoms with Crippen molar-refractivity contribution in [3.63, 3.8) is 0 Å². The molecule has 2 aromatic rings. The Hall–Kier alpha value is -1.31. The molecule has 2 rings (SSSR count). The van der Waals surface area contributed by atoms with Crippen molar-refractivity contribution >= 4 is 35.1 Å². The number of nitrogens with zero attached hydrogens (tertiary/aromatic N) is 1. The first-order chi connectivity index (χ1) is 8.58. The molecule has 0 atom stereocenters. The molecule has 3 heteroatoms. The highest BCUT2D eigenvalue weighted by Gasteiger charge is 2.00. The maximum Gasteiger partial charge on any atom is 0.0661 e. The van der Waals surface area contributed by atoms with E-state index in [-0.39, 0.29) is 0 Å². The van der Waals surface area contributed by atoms with E-state index in [1.54, 1.807) is 18.3 Å². The molecular weight excluding hydrogens is 265 g/mol. The fourth-order valence-corrected chi connectivity index (χ4v) is 2.08. The molecule has 0 fully saturated rings. The van der Waals surface area contributed by atoms with Crippen molar-refractivity contribution in [2.45, 2.75) is 13.8 Å². The molecule has 0 bridgehead atoms. The van der Waals surface area contributed by atoms with E-state index in [1.807, 2.05) is 18.2 Å². The van der Waals surface area contributed by atoms with Crippen LogP contribution in [0.15, 0.2) is 41.4 Å². The van der Waals surface area contributed by atoms with Gasteiger partial charge in [-0.15, -0.1) is 0 Å². The van der Waals surface area contributed by atoms with Gasteiger partial charge in [0.2, 0.25) is 0 Å². The van der Waals surface area contributed by atoms with Gasteiger partial charge in [0.05, 0.1) is 10.7 Å². The standard InChI is InChI=1S/C15H13Cl2N/c1-10-4-3-5-15(11(10)2)18-9-12-6-7-13(16)8-14(12)17/h3-9H,1-2H3. The summed E-state index contributed by atoms with van der Waals surface area (Å²) in [5, 5.41) is 1.24. The molecule has 0 saturated heterocycles. The smallest absolute Gasteiger partial charge is 0.0661 e. The van der Waals surface area contributed by atoms with Gasteiger partial charge in [0.1, 0.15) is 0 Å². The zero-order valence-electron chi connectivity index (χ0n) is 10.2. The molecule has 2 aromatic carbocycles. The summed E-state index contributed by atoms with van der Waals surface area (Å²) in [5.74, 6) is 0. The van der Waals surface area contributed by atoms with Crippen molar-refractivity contribution in [2.24, 2.45) is 4.99 Å². The zero-order valence-corrected chi connectivity index (χ0v) is 11.8. The molecule has 0 heterocycles. The molecule has 0 aliphatic carbocycles. The van der Waals surface area contributed by atoms with E-state index < -0.39 is 0 Å². The molecular formula is C15H13Cl2N. The van der Waals surface area contributed by atoms with Crippen LogP contribution in [-0.2, 0) is 0 Å². The summed E-state index contributed by atoms with van der Waals surface area (Å²) in [6.07, 6.45) is 1.76. The predicted molar refractivity (Wildman–Crippen MR) is 79.6 cm³/mol. The van der Waals surface area contributed by atoms with Crippen LogP contribution in [0.5, 0.6) is 0 Å². The highest BCUT2D eigenvalue weighted by atomic mass is 35.5. The van der Waals surface area contributed by atoms with Gasteiger partial charge in [0, 0.05) is 16.8 Å². The van der Waals surface area contributed by atoms with Gasteiger partial charge in [-0.2, -0.15) is 0 Å². The Balaban J connectivity index is 2.33. The number of hydrogen-bond acceptors (Lipinski definition) is 1. The van der Waals surface area contributed by atoms with Crippen molar-refractivity contribution in [1.29, 1.82) is 0 Å². The molecule has 18 heavy (non-hydrogen) atoms. The minimum absolute atomic E-state index is 0.608. The van der Waals surface area contributed by atoms with Crippen LogP contribution in [0.25, 0.3) is 0 Å². The van der Waals surface area contributed by atoms with Gasteiger partial charge < -0.3 is 0 Å². The lowest BCUT2D eigenvalue weighted by Gasteiger charge is -2.03. The number of aliphatic imine (C=N–C) groups is 1. The van der Waals surface area contributed by atoms with Gasteiger partial charge in [0.15, 0.2) is 0 Å². The largest absolute Gasteiger partial charge is 0.256 e. The zero-order chi connectivity index (χ0) is 13.1. The second-order valence-electron chi connectivity index (χ2n) is 4.14. The first-order valence-electron chi connectivity index (χ1n) is 5.63. The summed E-state index contributed by atoms with van der Waals surface area (Å²) in [6, 6.07) is 11.4. The Morgan fingerprint density at radius 2 is 1.83 bits per heavy atom. The van der Waals surface area contributed by atoms with Gasteiger partial charge in [0.25, 0.3) is 0 Å². The van der Waals surface area contributed by atoms with Crippen LogP contribution in [0, 0.1) is 13.8 Å². The minimum Gasteiger partial charge on any atom is -0.256 e. The van der Waals surface area contributed by atoms with Gasteiger partial charge in [-0.05, 0) is 43.2 Å². The fourth-order valence-electron chi connectivity index (χ4n) is 1.62. The minimum atomic E-state index is 0.608. The van der Waals surface area contributed by atoms with E-state index in [0.29, 0.717) is 10.0 Å². The first-order valence-corrected chi connectivity index (χ1v) is 6.39. The Morgan fingerprint density at radius 1 is 1.06 bits per heavy atom. The normalized spacial score (nSPS) is 11.1. The van der Waals surface area contributed by atoms with Crippen LogP contribution in [0.3, 0.4) is 0 Å². The van der Waals surface area contributed by atoms with Crippen LogP contribution < -0.4 is 0 Å². The summed E-state index contributed by atoms with van der Waals surface area (Å²) in [7, 11) is 0. The molecule has 0 spiro atoms. The quantitative estimate of drug-likeness (QED) is 0.655. The summed E-state index contributed by atoms with van der Waals surface area (Å²) in [4.78, 5) is 4.47. The summed E-state index contributed by atoms with van der Waals surface area (Å²) < 4.78 is 0. The van der Waals surface area contributed by atoms with Crippen LogP contribution in [0.2, 0.25) is 10.0 Å². The van der Waals surface area contributed by atoms with Gasteiger partial charge >= 0.3 is 0 Å². The average molecular weight is 278 g/mol. The molecule has 0 aliphatic rings. The molecule has 0 N–H and O–H groups in total. The SMILES string of the molecule is Cc1cccc(N=Cc2ccc(Cl)cc2Cl)c1C. The van der Waals surface area contributed by atoms with E-state index in [2.05, 4.69) is 24.9 Å². The summed E-state index contributed by atoms with van der Waals surface area (Å²) in [5.41, 5.74) is 4.23. The summed E-state index contributed by atoms with van der Waals surface area (Å²) >= 11 is 11.9. The number of aryl methyl sites for hydroxylation is 1. The maximum atomic E-state index is 6.09. The molecule has 92 valence electrons. The Bertz CT molecular complexity index is 603. The lowest BCUT2D eigenvalue weighted by Crippen LogP contribution is -1.84. The highest BCUT2D eigenvalue weighted by molar-refractivity contribution is 6.36. The Kier molecular flexibility index (Phi) is 4.05. The van der Waals surface area contributed by atoms with Crippen molar-refractivity contribution < 1.29 is 0 Å². The second-order valence-corrected chi connectivity index (χ2v) is 4.99. The third kappa shape index (κ3) is 2.92. The lowest BCUT2D eigenvalue weighted by atomic mass is 10.1. The summed E-state index contributed by atoms with van der Waals surface area (Å²) in [6.45, 7) is 4.13. The monoisotopic (exact) mass is 277 g/mol. The molecule has 0 unspecified atom stereocenters. The fraction of sp³-hybridized carbons (Fsp3) is 0.133. The topological polar surface area (TPSA) is 12.4 Å². The van der Waals surface area contributed by atoms with E-state index in [0.717, 1.165) is 11.3 Å². The maximum absolute atomic E-state index is 6.09. The number of benzene rings is 2. The van der Waals surface area contributed by atoms with Crippen LogP contribution in [0.1, 0.15) is 16.7 Å². The van der Waals surface area contributed by atoms with Crippen molar-refractivity contribution in [1.82, 2.24) is 0 Å². The number of hydrogen-bond donors (Lipinski definition) is 0. The third-order valence-electron chi connectivity index (χ3n) is 2.88. The van der Waals surface area contributed by atoms with E-state index in [9.17, 15) is 0 Å². The van der Waals surface area contributed by atoms with Crippen molar-refractivity contribution in [2.75, 3.05) is 0 Å². The Labute approximate surface area is 117 Å². The van der Waals surface area contributed by atoms with Crippen molar-refractivity contribution in [3.05, 3.63) is 63.1 Å². The third-order valence-corrected chi connectivity index (χ3v) is 3.44. The van der Waals surface area contributed by atoms with Crippen molar-refractivity contribution in [3.8, 4) is 0 Å². The van der Waals surface area contributed by atoms with E-state index in [4.69, 9.17) is 23.2 Å². The van der Waals surface area contributed by atoms with Gasteiger partial charge in [-0.25, -0.2) is 0 Å². The number of halogens is 2.